The molecule has 0 saturated carbocycles. The first kappa shape index (κ1) is 15.9. The highest BCUT2D eigenvalue weighted by molar-refractivity contribution is 7.80. The number of hydrogen-bond donors (Lipinski definition) is 3. The third kappa shape index (κ3) is 4.49. The van der Waals surface area contributed by atoms with Gasteiger partial charge in [0.2, 0.25) is 5.91 Å². The third-order valence-electron chi connectivity index (χ3n) is 3.65. The van der Waals surface area contributed by atoms with Crippen LogP contribution < -0.4 is 11.1 Å². The third-order valence-corrected chi connectivity index (χ3v) is 3.87. The van der Waals surface area contributed by atoms with E-state index in [0.29, 0.717) is 30.8 Å². The van der Waals surface area contributed by atoms with E-state index in [9.17, 15) is 9.90 Å². The van der Waals surface area contributed by atoms with E-state index < -0.39 is 5.60 Å². The fourth-order valence-electron chi connectivity index (χ4n) is 2.51. The summed E-state index contributed by atoms with van der Waals surface area (Å²) in [6.07, 6.45) is 1.13. The second-order valence-electron chi connectivity index (χ2n) is 5.73. The average molecular weight is 307 g/mol. The standard InChI is InChI=1S/C15H21N3O2S/c1-15(20)7-9-18(10-15)8-6-13(19)17-12-5-3-2-4-11(12)14(16)21/h2-5,20H,6-10H2,1H3,(H2,16,21)(H,17,19). The zero-order valence-electron chi connectivity index (χ0n) is 12.1. The molecule has 1 unspecified atom stereocenters. The minimum absolute atomic E-state index is 0.0785. The van der Waals surface area contributed by atoms with Gasteiger partial charge in [-0.2, -0.15) is 0 Å². The van der Waals surface area contributed by atoms with Gasteiger partial charge < -0.3 is 16.2 Å². The minimum Gasteiger partial charge on any atom is -0.389 e. The summed E-state index contributed by atoms with van der Waals surface area (Å²) in [4.78, 5) is 14.4. The molecule has 2 rings (SSSR count). The number of benzene rings is 1. The minimum atomic E-state index is -0.630. The number of nitrogens with one attached hydrogen (secondary N) is 1. The Morgan fingerprint density at radius 2 is 2.24 bits per heavy atom. The Bertz CT molecular complexity index is 545. The highest BCUT2D eigenvalue weighted by Crippen LogP contribution is 2.20. The molecule has 1 aliphatic heterocycles. The van der Waals surface area contributed by atoms with Crippen LogP contribution in [0.15, 0.2) is 24.3 Å². The van der Waals surface area contributed by atoms with Crippen LogP contribution in [0.2, 0.25) is 0 Å². The maximum Gasteiger partial charge on any atom is 0.225 e. The molecule has 1 aromatic carbocycles. The molecule has 0 spiro atoms. The van der Waals surface area contributed by atoms with Gasteiger partial charge in [0.1, 0.15) is 4.99 Å². The van der Waals surface area contributed by atoms with Gasteiger partial charge in [-0.05, 0) is 25.5 Å². The van der Waals surface area contributed by atoms with E-state index in [1.807, 2.05) is 19.1 Å². The topological polar surface area (TPSA) is 78.6 Å². The Hall–Kier alpha value is -1.50. The van der Waals surface area contributed by atoms with Crippen molar-refractivity contribution in [1.29, 1.82) is 0 Å². The maximum atomic E-state index is 12.0. The summed E-state index contributed by atoms with van der Waals surface area (Å²) in [5, 5.41) is 12.7. The van der Waals surface area contributed by atoms with Gasteiger partial charge in [0.25, 0.3) is 0 Å². The fraction of sp³-hybridized carbons (Fsp3) is 0.467. The predicted octanol–water partition coefficient (Wildman–Crippen LogP) is 1.11. The number of carbonyl (C=O) groups excluding carboxylic acids is 1. The van der Waals surface area contributed by atoms with E-state index in [1.165, 1.54) is 0 Å². The first-order chi connectivity index (χ1) is 9.87. The summed E-state index contributed by atoms with van der Waals surface area (Å²) in [7, 11) is 0. The molecule has 4 N–H and O–H groups in total. The number of nitrogens with two attached hydrogens (primary N) is 1. The van der Waals surface area contributed by atoms with Crippen molar-refractivity contribution in [3.63, 3.8) is 0 Å². The summed E-state index contributed by atoms with van der Waals surface area (Å²) in [6, 6.07) is 7.23. The van der Waals surface area contributed by atoms with Gasteiger partial charge in [0.05, 0.1) is 11.3 Å². The Morgan fingerprint density at radius 1 is 1.52 bits per heavy atom. The Labute approximate surface area is 130 Å². The normalized spacial score (nSPS) is 22.2. The molecular formula is C15H21N3O2S. The Balaban J connectivity index is 1.87. The van der Waals surface area contributed by atoms with Crippen molar-refractivity contribution in [1.82, 2.24) is 4.90 Å². The second-order valence-corrected chi connectivity index (χ2v) is 6.17. The summed E-state index contributed by atoms with van der Waals surface area (Å²) >= 11 is 4.97. The van der Waals surface area contributed by atoms with Gasteiger partial charge >= 0.3 is 0 Å². The maximum absolute atomic E-state index is 12.0. The van der Waals surface area contributed by atoms with Crippen molar-refractivity contribution in [2.75, 3.05) is 25.0 Å². The van der Waals surface area contributed by atoms with Gasteiger partial charge in [-0.15, -0.1) is 0 Å². The number of carbonyl (C=O) groups is 1. The quantitative estimate of drug-likeness (QED) is 0.710. The monoisotopic (exact) mass is 307 g/mol. The van der Waals surface area contributed by atoms with Crippen LogP contribution >= 0.6 is 12.2 Å². The van der Waals surface area contributed by atoms with E-state index in [2.05, 4.69) is 10.2 Å². The first-order valence-corrected chi connectivity index (χ1v) is 7.42. The highest BCUT2D eigenvalue weighted by Gasteiger charge is 2.31. The molecular weight excluding hydrogens is 286 g/mol. The van der Waals surface area contributed by atoms with E-state index in [4.69, 9.17) is 18.0 Å². The molecule has 21 heavy (non-hydrogen) atoms. The van der Waals surface area contributed by atoms with Crippen molar-refractivity contribution in [3.8, 4) is 0 Å². The molecule has 1 amide bonds. The lowest BCUT2D eigenvalue weighted by atomic mass is 10.1. The van der Waals surface area contributed by atoms with Crippen LogP contribution in [0.3, 0.4) is 0 Å². The molecule has 0 bridgehead atoms. The smallest absolute Gasteiger partial charge is 0.225 e. The van der Waals surface area contributed by atoms with Gasteiger partial charge in [0, 0.05) is 31.6 Å². The largest absolute Gasteiger partial charge is 0.389 e. The van der Waals surface area contributed by atoms with Crippen LogP contribution in [0.1, 0.15) is 25.3 Å². The molecule has 5 nitrogen and oxygen atoms in total. The van der Waals surface area contributed by atoms with E-state index in [-0.39, 0.29) is 10.9 Å². The first-order valence-electron chi connectivity index (χ1n) is 7.01. The lowest BCUT2D eigenvalue weighted by Gasteiger charge is -2.18. The summed E-state index contributed by atoms with van der Waals surface area (Å²) in [5.41, 5.74) is 6.32. The molecule has 0 radical (unpaired) electrons. The van der Waals surface area contributed by atoms with Crippen molar-refractivity contribution < 1.29 is 9.90 Å². The molecule has 114 valence electrons. The molecule has 1 aliphatic rings. The fourth-order valence-corrected chi connectivity index (χ4v) is 2.69. The van der Waals surface area contributed by atoms with Gasteiger partial charge in [-0.25, -0.2) is 0 Å². The average Bonchev–Trinajstić information content (AvgIpc) is 2.76. The van der Waals surface area contributed by atoms with Crippen LogP contribution in [0.25, 0.3) is 0 Å². The summed E-state index contributed by atoms with van der Waals surface area (Å²) in [5.74, 6) is -0.0785. The number of para-hydroxylation sites is 1. The van der Waals surface area contributed by atoms with E-state index >= 15 is 0 Å². The van der Waals surface area contributed by atoms with Crippen LogP contribution in [0, 0.1) is 0 Å². The molecule has 6 heteroatoms. The molecule has 0 aliphatic carbocycles. The number of aliphatic hydroxyl groups is 1. The van der Waals surface area contributed by atoms with Crippen LogP contribution in [-0.4, -0.2) is 46.1 Å². The van der Waals surface area contributed by atoms with Crippen molar-refractivity contribution in [2.24, 2.45) is 5.73 Å². The van der Waals surface area contributed by atoms with Gasteiger partial charge in [-0.1, -0.05) is 24.4 Å². The zero-order valence-corrected chi connectivity index (χ0v) is 12.9. The highest BCUT2D eigenvalue weighted by atomic mass is 32.1. The summed E-state index contributed by atoms with van der Waals surface area (Å²) in [6.45, 7) is 3.90. The number of amides is 1. The molecule has 1 atom stereocenters. The van der Waals surface area contributed by atoms with Gasteiger partial charge in [-0.3, -0.25) is 9.69 Å². The lowest BCUT2D eigenvalue weighted by Crippen LogP contribution is -2.31. The summed E-state index contributed by atoms with van der Waals surface area (Å²) < 4.78 is 0. The number of nitrogens with zero attached hydrogens (tertiary/aromatic N) is 1. The van der Waals surface area contributed by atoms with E-state index in [1.54, 1.807) is 12.1 Å². The number of hydrogen-bond acceptors (Lipinski definition) is 4. The number of β-amino-alcohol motifs (C(OH)–C–C–N with tert-alkyl or cyclic N) is 1. The Morgan fingerprint density at radius 3 is 2.86 bits per heavy atom. The lowest BCUT2D eigenvalue weighted by molar-refractivity contribution is -0.116. The SMILES string of the molecule is CC1(O)CCN(CCC(=O)Nc2ccccc2C(N)=S)C1. The van der Waals surface area contributed by atoms with Crippen LogP contribution in [0.4, 0.5) is 5.69 Å². The van der Waals surface area contributed by atoms with Crippen LogP contribution in [0.5, 0.6) is 0 Å². The Kier molecular flexibility index (Phi) is 4.92. The molecule has 1 heterocycles. The molecule has 1 fully saturated rings. The zero-order chi connectivity index (χ0) is 15.5. The van der Waals surface area contributed by atoms with Crippen molar-refractivity contribution in [3.05, 3.63) is 29.8 Å². The van der Waals surface area contributed by atoms with Crippen molar-refractivity contribution in [2.45, 2.75) is 25.4 Å². The molecule has 1 saturated heterocycles. The number of rotatable bonds is 5. The number of likely N-dealkylation sites (tertiary alicyclic amines) is 1. The van der Waals surface area contributed by atoms with E-state index in [0.717, 1.165) is 13.0 Å². The van der Waals surface area contributed by atoms with Gasteiger partial charge in [0.15, 0.2) is 0 Å². The number of anilines is 1. The second kappa shape index (κ2) is 6.51. The number of thiocarbonyl (C=S) groups is 1. The van der Waals surface area contributed by atoms with Crippen molar-refractivity contribution >= 4 is 28.8 Å². The predicted molar refractivity (Wildman–Crippen MR) is 87.3 cm³/mol. The molecule has 1 aromatic rings. The van der Waals surface area contributed by atoms with Crippen LogP contribution in [-0.2, 0) is 4.79 Å². The molecule has 0 aromatic heterocycles.